The van der Waals surface area contributed by atoms with Crippen LogP contribution in [0.3, 0.4) is 0 Å². The first-order chi connectivity index (χ1) is 15.9. The highest BCUT2D eigenvalue weighted by atomic mass is 31.2. The average Bonchev–Trinajstić information content (AvgIpc) is 3.25. The summed E-state index contributed by atoms with van der Waals surface area (Å²) in [6, 6.07) is 22.4. The zero-order chi connectivity index (χ0) is 23.8. The van der Waals surface area contributed by atoms with Crippen molar-refractivity contribution in [3.05, 3.63) is 60.7 Å². The number of nitrogens with zero attached hydrogens (tertiary/aromatic N) is 1. The third-order valence-electron chi connectivity index (χ3n) is 6.52. The zero-order valence-electron chi connectivity index (χ0n) is 21.2. The largest absolute Gasteiger partial charge is 0.406 e. The van der Waals surface area contributed by atoms with Gasteiger partial charge < -0.3 is 13.7 Å². The van der Waals surface area contributed by atoms with Gasteiger partial charge in [0.15, 0.2) is 0 Å². The maximum absolute atomic E-state index is 6.88. The van der Waals surface area contributed by atoms with E-state index >= 15 is 0 Å². The number of hydrogen-bond acceptors (Lipinski definition) is 4. The van der Waals surface area contributed by atoms with Crippen LogP contribution in [0, 0.1) is 5.92 Å². The average molecular weight is 488 g/mol. The molecule has 1 aliphatic rings. The maximum atomic E-state index is 6.88. The van der Waals surface area contributed by atoms with Crippen LogP contribution in [-0.4, -0.2) is 57.2 Å². The smallest absolute Gasteiger partial charge is 0.252 e. The van der Waals surface area contributed by atoms with Crippen molar-refractivity contribution in [1.82, 2.24) is 4.67 Å². The highest BCUT2D eigenvalue weighted by molar-refractivity contribution is 7.50. The molecule has 0 spiro atoms. The van der Waals surface area contributed by atoms with Gasteiger partial charge in [-0.3, -0.25) is 4.67 Å². The van der Waals surface area contributed by atoms with Gasteiger partial charge in [0.05, 0.1) is 12.7 Å². The Morgan fingerprint density at radius 3 is 2.00 bits per heavy atom. The molecule has 33 heavy (non-hydrogen) atoms. The lowest BCUT2D eigenvalue weighted by atomic mass is 10.1. The van der Waals surface area contributed by atoms with Crippen molar-refractivity contribution in [3.8, 4) is 0 Å². The first kappa shape index (κ1) is 26.5. The van der Waals surface area contributed by atoms with Crippen LogP contribution < -0.4 is 10.4 Å². The van der Waals surface area contributed by atoms with E-state index in [0.717, 1.165) is 25.8 Å². The van der Waals surface area contributed by atoms with E-state index in [2.05, 4.69) is 106 Å². The van der Waals surface area contributed by atoms with Gasteiger partial charge in [0.25, 0.3) is 8.32 Å². The van der Waals surface area contributed by atoms with Crippen molar-refractivity contribution >= 4 is 27.0 Å². The third kappa shape index (κ3) is 6.75. The standard InChI is InChI=1S/C27H42NO3PSi/c1-7-30-32(28(22(2)3)23(4)5)21-24-18-19-29-27(24)20-31-33(6,25-14-10-8-11-15-25)26-16-12-9-13-17-26/h8-17,22-24,27H,7,18-21H2,1-6H3. The van der Waals surface area contributed by atoms with E-state index in [9.17, 15) is 0 Å². The summed E-state index contributed by atoms with van der Waals surface area (Å²) in [5.74, 6) is 0.465. The summed E-state index contributed by atoms with van der Waals surface area (Å²) in [4.78, 5) is 0. The van der Waals surface area contributed by atoms with Crippen LogP contribution >= 0.6 is 8.30 Å². The Morgan fingerprint density at radius 1 is 0.970 bits per heavy atom. The molecule has 0 aromatic heterocycles. The third-order valence-corrected chi connectivity index (χ3v) is 12.9. The van der Waals surface area contributed by atoms with Crippen LogP contribution in [0.1, 0.15) is 41.0 Å². The second-order valence-corrected chi connectivity index (χ2v) is 14.9. The minimum Gasteiger partial charge on any atom is -0.406 e. The Hall–Kier alpha value is -1.07. The molecule has 2 aromatic rings. The van der Waals surface area contributed by atoms with E-state index in [1.165, 1.54) is 10.4 Å². The SMILES string of the molecule is CCOP(CC1CCOC1CO[Si](C)(c1ccccc1)c1ccccc1)N(C(C)C)C(C)C. The van der Waals surface area contributed by atoms with Crippen molar-refractivity contribution in [2.75, 3.05) is 26.0 Å². The van der Waals surface area contributed by atoms with Gasteiger partial charge in [-0.1, -0.05) is 60.7 Å². The van der Waals surface area contributed by atoms with Gasteiger partial charge in [-0.25, -0.2) is 0 Å². The summed E-state index contributed by atoms with van der Waals surface area (Å²) in [7, 11) is -2.99. The summed E-state index contributed by atoms with van der Waals surface area (Å²) in [6.45, 7) is 15.7. The van der Waals surface area contributed by atoms with Crippen molar-refractivity contribution in [3.63, 3.8) is 0 Å². The van der Waals surface area contributed by atoms with Crippen molar-refractivity contribution < 1.29 is 13.7 Å². The van der Waals surface area contributed by atoms with Gasteiger partial charge in [0, 0.05) is 31.5 Å². The quantitative estimate of drug-likeness (QED) is 0.302. The fraction of sp³-hybridized carbons (Fsp3) is 0.556. The minimum absolute atomic E-state index is 0.121. The number of benzene rings is 2. The fourth-order valence-electron chi connectivity index (χ4n) is 4.86. The first-order valence-corrected chi connectivity index (χ1v) is 16.2. The van der Waals surface area contributed by atoms with Gasteiger partial charge in [-0.05, 0) is 63.9 Å². The van der Waals surface area contributed by atoms with E-state index in [-0.39, 0.29) is 6.10 Å². The van der Waals surface area contributed by atoms with Crippen LogP contribution in [-0.2, 0) is 13.7 Å². The monoisotopic (exact) mass is 487 g/mol. The van der Waals surface area contributed by atoms with Crippen LogP contribution in [0.5, 0.6) is 0 Å². The molecule has 3 atom stereocenters. The van der Waals surface area contributed by atoms with Gasteiger partial charge in [-0.15, -0.1) is 0 Å². The van der Waals surface area contributed by atoms with Crippen LogP contribution in [0.4, 0.5) is 0 Å². The molecular weight excluding hydrogens is 445 g/mol. The molecule has 1 heterocycles. The van der Waals surface area contributed by atoms with Crippen LogP contribution in [0.15, 0.2) is 60.7 Å². The Morgan fingerprint density at radius 2 is 1.52 bits per heavy atom. The molecule has 0 radical (unpaired) electrons. The minimum atomic E-state index is -2.33. The molecule has 0 aliphatic carbocycles. The van der Waals surface area contributed by atoms with Crippen molar-refractivity contribution in [2.45, 2.75) is 65.8 Å². The molecule has 4 nitrogen and oxygen atoms in total. The van der Waals surface area contributed by atoms with E-state index < -0.39 is 16.6 Å². The van der Waals surface area contributed by atoms with Gasteiger partial charge in [0.2, 0.25) is 0 Å². The Balaban J connectivity index is 1.76. The van der Waals surface area contributed by atoms with Crippen molar-refractivity contribution in [1.29, 1.82) is 0 Å². The molecule has 1 fully saturated rings. The summed E-state index contributed by atoms with van der Waals surface area (Å²) in [5.41, 5.74) is 0. The molecule has 2 aromatic carbocycles. The molecule has 0 saturated carbocycles. The first-order valence-electron chi connectivity index (χ1n) is 12.4. The van der Waals surface area contributed by atoms with Crippen molar-refractivity contribution in [2.24, 2.45) is 5.92 Å². The number of rotatable bonds is 12. The molecule has 0 N–H and O–H groups in total. The molecular formula is C27H42NO3PSi. The Kier molecular flexibility index (Phi) is 10.1. The van der Waals surface area contributed by atoms with E-state index in [1.54, 1.807) is 0 Å². The molecule has 0 bridgehead atoms. The maximum Gasteiger partial charge on any atom is 0.252 e. The predicted octanol–water partition coefficient (Wildman–Crippen LogP) is 5.27. The molecule has 3 unspecified atom stereocenters. The van der Waals surface area contributed by atoms with E-state index in [1.807, 2.05) is 0 Å². The molecule has 0 amide bonds. The summed E-state index contributed by atoms with van der Waals surface area (Å²) >= 11 is 0. The molecule has 182 valence electrons. The van der Waals surface area contributed by atoms with Crippen LogP contribution in [0.25, 0.3) is 0 Å². The molecule has 1 aliphatic heterocycles. The normalized spacial score (nSPS) is 20.2. The second kappa shape index (κ2) is 12.6. The summed E-state index contributed by atoms with van der Waals surface area (Å²) < 4.78 is 22.0. The topological polar surface area (TPSA) is 30.9 Å². The van der Waals surface area contributed by atoms with Gasteiger partial charge >= 0.3 is 0 Å². The lowest BCUT2D eigenvalue weighted by Crippen LogP contribution is -2.59. The predicted molar refractivity (Wildman–Crippen MR) is 143 cm³/mol. The molecule has 3 rings (SSSR count). The van der Waals surface area contributed by atoms with E-state index in [4.69, 9.17) is 13.7 Å². The van der Waals surface area contributed by atoms with Crippen LogP contribution in [0.2, 0.25) is 6.55 Å². The molecule has 6 heteroatoms. The lowest BCUT2D eigenvalue weighted by molar-refractivity contribution is 0.0503. The zero-order valence-corrected chi connectivity index (χ0v) is 23.1. The number of ether oxygens (including phenoxy) is 1. The van der Waals surface area contributed by atoms with Gasteiger partial charge in [0.1, 0.15) is 8.30 Å². The van der Waals surface area contributed by atoms with E-state index in [0.29, 0.717) is 24.6 Å². The summed E-state index contributed by atoms with van der Waals surface area (Å²) in [6.07, 6.45) is 2.25. The highest BCUT2D eigenvalue weighted by Gasteiger charge is 2.39. The Labute approximate surface area is 203 Å². The number of hydrogen-bond donors (Lipinski definition) is 0. The second-order valence-electron chi connectivity index (χ2n) is 9.55. The summed E-state index contributed by atoms with van der Waals surface area (Å²) in [5, 5.41) is 2.60. The lowest BCUT2D eigenvalue weighted by Gasteiger charge is -2.39. The highest BCUT2D eigenvalue weighted by Crippen LogP contribution is 2.48. The molecule has 1 saturated heterocycles. The Bertz CT molecular complexity index is 773. The van der Waals surface area contributed by atoms with Gasteiger partial charge in [-0.2, -0.15) is 0 Å². The fourth-order valence-corrected chi connectivity index (χ4v) is 10.3.